The number of allylic oxidation sites excluding steroid dienone is 3. The maximum atomic E-state index is 6.06. The standard InChI is InChI=1S/C15H27BO3.C2H2/c1-8-12(11-17-7)10-13(9-2)16-18-14(3,4)15(5,6)19-16;1-2/h9-10H,8,11H2,1-7H3;1-2H/b12-10-,13-9+;. The van der Waals surface area contributed by atoms with Crippen LogP contribution in [0.15, 0.2) is 23.2 Å². The lowest BCUT2D eigenvalue weighted by Gasteiger charge is -2.32. The number of hydrogen-bond donors (Lipinski definition) is 0. The van der Waals surface area contributed by atoms with Gasteiger partial charge in [0.15, 0.2) is 0 Å². The summed E-state index contributed by atoms with van der Waals surface area (Å²) in [5.41, 5.74) is 1.71. The second-order valence-corrected chi connectivity index (χ2v) is 5.97. The summed E-state index contributed by atoms with van der Waals surface area (Å²) in [6, 6.07) is 0. The number of methoxy groups -OCH3 is 1. The van der Waals surface area contributed by atoms with Crippen LogP contribution in [-0.2, 0) is 14.0 Å². The first-order chi connectivity index (χ1) is 9.77. The highest BCUT2D eigenvalue weighted by atomic mass is 16.7. The molecule has 0 atom stereocenters. The van der Waals surface area contributed by atoms with Gasteiger partial charge in [0.1, 0.15) is 0 Å². The predicted octanol–water partition coefficient (Wildman–Crippen LogP) is 3.80. The Morgan fingerprint density at radius 1 is 1.14 bits per heavy atom. The van der Waals surface area contributed by atoms with Crippen LogP contribution in [0.2, 0.25) is 0 Å². The summed E-state index contributed by atoms with van der Waals surface area (Å²) in [7, 11) is 1.42. The molecular weight excluding hydrogens is 263 g/mol. The minimum atomic E-state index is -0.298. The molecule has 1 fully saturated rings. The van der Waals surface area contributed by atoms with Gasteiger partial charge in [-0.05, 0) is 52.1 Å². The van der Waals surface area contributed by atoms with Gasteiger partial charge in [-0.2, -0.15) is 0 Å². The molecule has 118 valence electrons. The van der Waals surface area contributed by atoms with E-state index in [2.05, 4.69) is 53.5 Å². The van der Waals surface area contributed by atoms with Crippen molar-refractivity contribution in [1.82, 2.24) is 0 Å². The molecule has 1 heterocycles. The zero-order valence-corrected chi connectivity index (χ0v) is 14.5. The second-order valence-electron chi connectivity index (χ2n) is 5.97. The highest BCUT2D eigenvalue weighted by molar-refractivity contribution is 6.55. The zero-order chi connectivity index (χ0) is 16.7. The van der Waals surface area contributed by atoms with E-state index in [0.717, 1.165) is 11.9 Å². The van der Waals surface area contributed by atoms with Crippen molar-refractivity contribution in [3.8, 4) is 12.8 Å². The van der Waals surface area contributed by atoms with Crippen LogP contribution in [-0.4, -0.2) is 32.0 Å². The topological polar surface area (TPSA) is 27.7 Å². The van der Waals surface area contributed by atoms with E-state index in [0.29, 0.717) is 6.61 Å². The molecule has 1 saturated heterocycles. The minimum Gasteiger partial charge on any atom is -0.399 e. The normalized spacial score (nSPS) is 20.9. The molecule has 4 heteroatoms. The molecule has 0 bridgehead atoms. The molecule has 0 N–H and O–H groups in total. The van der Waals surface area contributed by atoms with Gasteiger partial charge in [-0.1, -0.05) is 19.1 Å². The third kappa shape index (κ3) is 5.03. The summed E-state index contributed by atoms with van der Waals surface area (Å²) in [4.78, 5) is 0. The van der Waals surface area contributed by atoms with Gasteiger partial charge in [0.25, 0.3) is 0 Å². The molecule has 0 radical (unpaired) electrons. The first-order valence-corrected chi connectivity index (χ1v) is 7.31. The molecule has 0 unspecified atom stereocenters. The van der Waals surface area contributed by atoms with Crippen molar-refractivity contribution in [2.75, 3.05) is 13.7 Å². The third-order valence-corrected chi connectivity index (χ3v) is 4.01. The van der Waals surface area contributed by atoms with E-state index in [1.54, 1.807) is 7.11 Å². The Balaban J connectivity index is 0.00000191. The van der Waals surface area contributed by atoms with Gasteiger partial charge in [0, 0.05) is 7.11 Å². The summed E-state index contributed by atoms with van der Waals surface area (Å²) in [5.74, 6) is 0. The molecular formula is C17H29BO3. The van der Waals surface area contributed by atoms with E-state index in [1.165, 1.54) is 5.57 Å². The Morgan fingerprint density at radius 3 is 1.95 bits per heavy atom. The Labute approximate surface area is 130 Å². The quantitative estimate of drug-likeness (QED) is 0.438. The van der Waals surface area contributed by atoms with Crippen molar-refractivity contribution >= 4 is 7.12 Å². The van der Waals surface area contributed by atoms with E-state index in [9.17, 15) is 0 Å². The Kier molecular flexibility index (Phi) is 8.03. The largest absolute Gasteiger partial charge is 0.494 e. The van der Waals surface area contributed by atoms with E-state index in [4.69, 9.17) is 14.0 Å². The van der Waals surface area contributed by atoms with Crippen molar-refractivity contribution in [2.45, 2.75) is 59.2 Å². The van der Waals surface area contributed by atoms with Gasteiger partial charge in [-0.25, -0.2) is 0 Å². The first-order valence-electron chi connectivity index (χ1n) is 7.31. The van der Waals surface area contributed by atoms with Crippen LogP contribution in [0, 0.1) is 12.8 Å². The van der Waals surface area contributed by atoms with Crippen molar-refractivity contribution in [3.05, 3.63) is 23.2 Å². The predicted molar refractivity (Wildman–Crippen MR) is 90.0 cm³/mol. The maximum Gasteiger partial charge on any atom is 0.494 e. The van der Waals surface area contributed by atoms with E-state index in [1.807, 2.05) is 13.0 Å². The van der Waals surface area contributed by atoms with Gasteiger partial charge >= 0.3 is 7.12 Å². The third-order valence-electron chi connectivity index (χ3n) is 4.01. The monoisotopic (exact) mass is 292 g/mol. The molecule has 0 saturated carbocycles. The summed E-state index contributed by atoms with van der Waals surface area (Å²) in [5, 5.41) is 0. The number of hydrogen-bond acceptors (Lipinski definition) is 3. The molecule has 0 aromatic carbocycles. The molecule has 0 amide bonds. The fourth-order valence-corrected chi connectivity index (χ4v) is 1.93. The maximum absolute atomic E-state index is 6.06. The fourth-order valence-electron chi connectivity index (χ4n) is 1.93. The molecule has 3 nitrogen and oxygen atoms in total. The molecule has 21 heavy (non-hydrogen) atoms. The van der Waals surface area contributed by atoms with Crippen LogP contribution >= 0.6 is 0 Å². The molecule has 1 rings (SSSR count). The Bertz CT molecular complexity index is 390. The van der Waals surface area contributed by atoms with Gasteiger partial charge < -0.3 is 14.0 Å². The Morgan fingerprint density at radius 2 is 1.62 bits per heavy atom. The molecule has 1 aliphatic heterocycles. The highest BCUT2D eigenvalue weighted by Crippen LogP contribution is 2.38. The average molecular weight is 292 g/mol. The van der Waals surface area contributed by atoms with Crippen LogP contribution in [0.5, 0.6) is 0 Å². The molecule has 0 spiro atoms. The second kappa shape index (κ2) is 8.43. The SMILES string of the molecule is C#C.C/C=C(\C=C(\CC)COC)B1OC(C)(C)C(C)(C)O1. The summed E-state index contributed by atoms with van der Waals surface area (Å²) < 4.78 is 17.3. The summed E-state index contributed by atoms with van der Waals surface area (Å²) >= 11 is 0. The molecule has 0 aromatic rings. The number of rotatable bonds is 5. The summed E-state index contributed by atoms with van der Waals surface area (Å²) in [6.45, 7) is 13.1. The van der Waals surface area contributed by atoms with Crippen LogP contribution in [0.3, 0.4) is 0 Å². The van der Waals surface area contributed by atoms with Gasteiger partial charge in [-0.15, -0.1) is 12.8 Å². The van der Waals surface area contributed by atoms with E-state index < -0.39 is 0 Å². The first kappa shape index (κ1) is 20.0. The van der Waals surface area contributed by atoms with Crippen molar-refractivity contribution in [3.63, 3.8) is 0 Å². The fraction of sp³-hybridized carbons (Fsp3) is 0.647. The summed E-state index contributed by atoms with van der Waals surface area (Å²) in [6.07, 6.45) is 13.1. The smallest absolute Gasteiger partial charge is 0.399 e. The highest BCUT2D eigenvalue weighted by Gasteiger charge is 2.51. The Hall–Kier alpha value is -1.02. The minimum absolute atomic E-state index is 0.298. The molecule has 0 aromatic heterocycles. The number of terminal acetylenes is 1. The van der Waals surface area contributed by atoms with Gasteiger partial charge in [0.05, 0.1) is 17.8 Å². The van der Waals surface area contributed by atoms with E-state index in [-0.39, 0.29) is 18.3 Å². The van der Waals surface area contributed by atoms with Crippen LogP contribution in [0.1, 0.15) is 48.0 Å². The lowest BCUT2D eigenvalue weighted by Crippen LogP contribution is -2.41. The van der Waals surface area contributed by atoms with Crippen molar-refractivity contribution in [1.29, 1.82) is 0 Å². The molecule has 1 aliphatic rings. The van der Waals surface area contributed by atoms with Gasteiger partial charge in [-0.3, -0.25) is 0 Å². The van der Waals surface area contributed by atoms with Crippen LogP contribution in [0.4, 0.5) is 0 Å². The van der Waals surface area contributed by atoms with Gasteiger partial charge in [0.2, 0.25) is 0 Å². The lowest BCUT2D eigenvalue weighted by atomic mass is 9.77. The van der Waals surface area contributed by atoms with Crippen LogP contribution < -0.4 is 0 Å². The van der Waals surface area contributed by atoms with Crippen LogP contribution in [0.25, 0.3) is 0 Å². The number of ether oxygens (including phenoxy) is 1. The zero-order valence-electron chi connectivity index (χ0n) is 14.5. The molecule has 0 aliphatic carbocycles. The average Bonchev–Trinajstić information content (AvgIpc) is 2.65. The van der Waals surface area contributed by atoms with Crippen molar-refractivity contribution in [2.24, 2.45) is 0 Å². The lowest BCUT2D eigenvalue weighted by molar-refractivity contribution is 0.00578. The van der Waals surface area contributed by atoms with E-state index >= 15 is 0 Å². The van der Waals surface area contributed by atoms with Crippen molar-refractivity contribution < 1.29 is 14.0 Å².